The lowest BCUT2D eigenvalue weighted by Crippen LogP contribution is -2.23. The topological polar surface area (TPSA) is 68.0 Å². The van der Waals surface area contributed by atoms with Gasteiger partial charge in [-0.05, 0) is 29.2 Å². The number of hydrogen-bond donors (Lipinski definition) is 2. The zero-order chi connectivity index (χ0) is 14.4. The molecule has 1 amide bonds. The van der Waals surface area contributed by atoms with Gasteiger partial charge in [0.25, 0.3) is 5.91 Å². The predicted octanol–water partition coefficient (Wildman–Crippen LogP) is 2.03. The molecule has 2 aromatic rings. The van der Waals surface area contributed by atoms with Gasteiger partial charge in [-0.25, -0.2) is 0 Å². The Bertz CT molecular complexity index is 561. The predicted molar refractivity (Wildman–Crippen MR) is 79.1 cm³/mol. The summed E-state index contributed by atoms with van der Waals surface area (Å²) in [5.74, 6) is -0.173. The van der Waals surface area contributed by atoms with Crippen LogP contribution in [0.4, 0.5) is 0 Å². The van der Waals surface area contributed by atoms with Gasteiger partial charge in [-0.2, -0.15) is 0 Å². The van der Waals surface area contributed by atoms with E-state index < -0.39 is 0 Å². The fourth-order valence-electron chi connectivity index (χ4n) is 1.85. The Hall–Kier alpha value is -2.20. The second kappa shape index (κ2) is 6.82. The Balaban J connectivity index is 1.93. The summed E-state index contributed by atoms with van der Waals surface area (Å²) in [5.41, 5.74) is 9.19. The number of rotatable bonds is 5. The van der Waals surface area contributed by atoms with Gasteiger partial charge in [0, 0.05) is 19.3 Å². The minimum atomic E-state index is -0.173. The van der Waals surface area contributed by atoms with Crippen LogP contribution in [-0.4, -0.2) is 10.9 Å². The van der Waals surface area contributed by atoms with Crippen molar-refractivity contribution in [3.05, 3.63) is 65.0 Å². The summed E-state index contributed by atoms with van der Waals surface area (Å²) in [4.78, 5) is 16.0. The Morgan fingerprint density at radius 1 is 1.10 bits per heavy atom. The summed E-state index contributed by atoms with van der Waals surface area (Å²) in [6, 6.07) is 11.7. The van der Waals surface area contributed by atoms with Gasteiger partial charge in [-0.1, -0.05) is 37.3 Å². The number of aryl methyl sites for hydroxylation is 1. The van der Waals surface area contributed by atoms with Crippen LogP contribution in [0.25, 0.3) is 0 Å². The number of nitrogens with two attached hydrogens (primary N) is 1. The summed E-state index contributed by atoms with van der Waals surface area (Å²) >= 11 is 0. The van der Waals surface area contributed by atoms with E-state index in [0.717, 1.165) is 17.5 Å². The summed E-state index contributed by atoms with van der Waals surface area (Å²) in [5, 5.41) is 2.86. The zero-order valence-corrected chi connectivity index (χ0v) is 11.6. The minimum absolute atomic E-state index is 0.173. The standard InChI is InChI=1S/C16H19N3O/c1-2-12-3-5-13(6-4-12)10-19-16(20)15-8-7-14(9-17)11-18-15/h3-8,11H,2,9-10,17H2,1H3,(H,19,20). The first kappa shape index (κ1) is 14.2. The molecule has 0 saturated carbocycles. The maximum Gasteiger partial charge on any atom is 0.270 e. The lowest BCUT2D eigenvalue weighted by molar-refractivity contribution is 0.0946. The Morgan fingerprint density at radius 3 is 2.30 bits per heavy atom. The van der Waals surface area contributed by atoms with Gasteiger partial charge in [0.1, 0.15) is 5.69 Å². The molecule has 0 aliphatic heterocycles. The van der Waals surface area contributed by atoms with Crippen molar-refractivity contribution in [1.82, 2.24) is 10.3 Å². The van der Waals surface area contributed by atoms with Crippen LogP contribution in [0.3, 0.4) is 0 Å². The van der Waals surface area contributed by atoms with Crippen molar-refractivity contribution in [2.45, 2.75) is 26.4 Å². The first-order valence-electron chi connectivity index (χ1n) is 6.74. The number of pyridine rings is 1. The van der Waals surface area contributed by atoms with Crippen LogP contribution in [-0.2, 0) is 19.5 Å². The van der Waals surface area contributed by atoms with E-state index in [2.05, 4.69) is 29.4 Å². The van der Waals surface area contributed by atoms with E-state index in [9.17, 15) is 4.79 Å². The van der Waals surface area contributed by atoms with Crippen molar-refractivity contribution in [2.24, 2.45) is 5.73 Å². The third kappa shape index (κ3) is 3.65. The molecule has 1 aromatic carbocycles. The monoisotopic (exact) mass is 269 g/mol. The maximum absolute atomic E-state index is 11.9. The molecule has 20 heavy (non-hydrogen) atoms. The fourth-order valence-corrected chi connectivity index (χ4v) is 1.85. The summed E-state index contributed by atoms with van der Waals surface area (Å²) < 4.78 is 0. The maximum atomic E-state index is 11.9. The van der Waals surface area contributed by atoms with Crippen molar-refractivity contribution in [2.75, 3.05) is 0 Å². The normalized spacial score (nSPS) is 10.3. The minimum Gasteiger partial charge on any atom is -0.347 e. The quantitative estimate of drug-likeness (QED) is 0.872. The Kier molecular flexibility index (Phi) is 4.85. The molecule has 0 radical (unpaired) electrons. The molecule has 0 fully saturated rings. The van der Waals surface area contributed by atoms with Gasteiger partial charge in [0.2, 0.25) is 0 Å². The smallest absolute Gasteiger partial charge is 0.270 e. The molecule has 2 rings (SSSR count). The van der Waals surface area contributed by atoms with E-state index in [4.69, 9.17) is 5.73 Å². The third-order valence-corrected chi connectivity index (χ3v) is 3.18. The number of carbonyl (C=O) groups is 1. The highest BCUT2D eigenvalue weighted by Crippen LogP contribution is 2.05. The molecule has 104 valence electrons. The second-order valence-electron chi connectivity index (χ2n) is 4.61. The molecular formula is C16H19N3O. The molecular weight excluding hydrogens is 250 g/mol. The van der Waals surface area contributed by atoms with Crippen molar-refractivity contribution < 1.29 is 4.79 Å². The van der Waals surface area contributed by atoms with Crippen LogP contribution in [0.1, 0.15) is 34.1 Å². The van der Waals surface area contributed by atoms with Gasteiger partial charge in [-0.3, -0.25) is 9.78 Å². The molecule has 0 saturated heterocycles. The lowest BCUT2D eigenvalue weighted by Gasteiger charge is -2.06. The van der Waals surface area contributed by atoms with Crippen LogP contribution in [0.15, 0.2) is 42.6 Å². The fraction of sp³-hybridized carbons (Fsp3) is 0.250. The molecule has 4 heteroatoms. The number of aromatic nitrogens is 1. The molecule has 3 N–H and O–H groups in total. The van der Waals surface area contributed by atoms with Gasteiger partial charge in [0.15, 0.2) is 0 Å². The van der Waals surface area contributed by atoms with Crippen molar-refractivity contribution in [3.8, 4) is 0 Å². The average molecular weight is 269 g/mol. The van der Waals surface area contributed by atoms with Crippen LogP contribution >= 0.6 is 0 Å². The largest absolute Gasteiger partial charge is 0.347 e. The highest BCUT2D eigenvalue weighted by atomic mass is 16.1. The molecule has 1 aromatic heterocycles. The van der Waals surface area contributed by atoms with Crippen LogP contribution < -0.4 is 11.1 Å². The van der Waals surface area contributed by atoms with Gasteiger partial charge >= 0.3 is 0 Å². The number of nitrogens with one attached hydrogen (secondary N) is 1. The van der Waals surface area contributed by atoms with Crippen molar-refractivity contribution in [3.63, 3.8) is 0 Å². The van der Waals surface area contributed by atoms with Crippen LogP contribution in [0.5, 0.6) is 0 Å². The first-order chi connectivity index (χ1) is 9.72. The number of nitrogens with zero attached hydrogens (tertiary/aromatic N) is 1. The molecule has 0 bridgehead atoms. The van der Waals surface area contributed by atoms with E-state index in [1.807, 2.05) is 18.2 Å². The number of benzene rings is 1. The third-order valence-electron chi connectivity index (χ3n) is 3.18. The summed E-state index contributed by atoms with van der Waals surface area (Å²) in [6.45, 7) is 3.05. The van der Waals surface area contributed by atoms with Gasteiger partial charge in [-0.15, -0.1) is 0 Å². The van der Waals surface area contributed by atoms with E-state index in [0.29, 0.717) is 18.8 Å². The SMILES string of the molecule is CCc1ccc(CNC(=O)c2ccc(CN)cn2)cc1. The molecule has 0 unspecified atom stereocenters. The van der Waals surface area contributed by atoms with Gasteiger partial charge < -0.3 is 11.1 Å². The molecule has 0 aliphatic rings. The molecule has 4 nitrogen and oxygen atoms in total. The zero-order valence-electron chi connectivity index (χ0n) is 11.6. The number of carbonyl (C=O) groups excluding carboxylic acids is 1. The number of hydrogen-bond acceptors (Lipinski definition) is 3. The van der Waals surface area contributed by atoms with Gasteiger partial charge in [0.05, 0.1) is 0 Å². The molecule has 0 spiro atoms. The van der Waals surface area contributed by atoms with E-state index in [1.54, 1.807) is 12.3 Å². The molecule has 1 heterocycles. The van der Waals surface area contributed by atoms with E-state index in [1.165, 1.54) is 5.56 Å². The van der Waals surface area contributed by atoms with Crippen LogP contribution in [0, 0.1) is 0 Å². The average Bonchev–Trinajstić information content (AvgIpc) is 2.53. The highest BCUT2D eigenvalue weighted by Gasteiger charge is 2.06. The highest BCUT2D eigenvalue weighted by molar-refractivity contribution is 5.92. The number of amides is 1. The molecule has 0 aliphatic carbocycles. The van der Waals surface area contributed by atoms with Crippen molar-refractivity contribution in [1.29, 1.82) is 0 Å². The van der Waals surface area contributed by atoms with E-state index >= 15 is 0 Å². The first-order valence-corrected chi connectivity index (χ1v) is 6.74. The van der Waals surface area contributed by atoms with Crippen LogP contribution in [0.2, 0.25) is 0 Å². The summed E-state index contributed by atoms with van der Waals surface area (Å²) in [7, 11) is 0. The molecule has 0 atom stereocenters. The van der Waals surface area contributed by atoms with Crippen molar-refractivity contribution >= 4 is 5.91 Å². The second-order valence-corrected chi connectivity index (χ2v) is 4.61. The summed E-state index contributed by atoms with van der Waals surface area (Å²) in [6.07, 6.45) is 2.65. The Morgan fingerprint density at radius 2 is 1.75 bits per heavy atom. The lowest BCUT2D eigenvalue weighted by atomic mass is 10.1. The Labute approximate surface area is 119 Å². The van der Waals surface area contributed by atoms with E-state index in [-0.39, 0.29) is 5.91 Å².